The van der Waals surface area contributed by atoms with Crippen LogP contribution < -0.4 is 5.73 Å². The average Bonchev–Trinajstić information content (AvgIpc) is 2.79. The number of nitrogens with two attached hydrogens (primary N) is 1. The molecule has 1 aliphatic heterocycles. The molecule has 3 aromatic carbocycles. The third-order valence-electron chi connectivity index (χ3n) is 4.93. The first-order valence-electron chi connectivity index (χ1n) is 9.36. The average molecular weight is 449 g/mol. The van der Waals surface area contributed by atoms with Crippen molar-refractivity contribution in [2.24, 2.45) is 5.73 Å². The molecule has 1 aliphatic rings. The molecule has 0 fully saturated rings. The van der Waals surface area contributed by atoms with Crippen LogP contribution in [0, 0.1) is 11.3 Å². The van der Waals surface area contributed by atoms with Gasteiger partial charge in [-0.2, -0.15) is 5.26 Å². The summed E-state index contributed by atoms with van der Waals surface area (Å²) in [4.78, 5) is 0.0322. The summed E-state index contributed by atoms with van der Waals surface area (Å²) in [6, 6.07) is 25.6. The summed E-state index contributed by atoms with van der Waals surface area (Å²) in [6.07, 6.45) is 0. The minimum Gasteiger partial charge on any atom is -0.439 e. The van der Waals surface area contributed by atoms with Gasteiger partial charge in [-0.3, -0.25) is 0 Å². The molecule has 154 valence electrons. The number of rotatable bonds is 4. The number of benzene rings is 3. The molecule has 0 spiro atoms. The highest BCUT2D eigenvalue weighted by Crippen LogP contribution is 2.46. The predicted molar refractivity (Wildman–Crippen MR) is 119 cm³/mol. The van der Waals surface area contributed by atoms with Gasteiger partial charge in [0, 0.05) is 10.6 Å². The van der Waals surface area contributed by atoms with E-state index < -0.39 is 15.8 Å². The van der Waals surface area contributed by atoms with E-state index in [1.165, 1.54) is 12.1 Å². The van der Waals surface area contributed by atoms with Crippen LogP contribution in [0.4, 0.5) is 0 Å². The molecule has 0 bridgehead atoms. The van der Waals surface area contributed by atoms with Crippen molar-refractivity contribution in [1.82, 2.24) is 0 Å². The second-order valence-corrected chi connectivity index (χ2v) is 9.21. The second-order valence-electron chi connectivity index (χ2n) is 6.86. The Morgan fingerprint density at radius 1 is 0.935 bits per heavy atom. The van der Waals surface area contributed by atoms with Gasteiger partial charge in [-0.05, 0) is 29.8 Å². The van der Waals surface area contributed by atoms with Crippen LogP contribution in [0.3, 0.4) is 0 Å². The van der Waals surface area contributed by atoms with E-state index in [0.29, 0.717) is 16.1 Å². The lowest BCUT2D eigenvalue weighted by Crippen LogP contribution is -2.25. The van der Waals surface area contributed by atoms with Crippen molar-refractivity contribution in [3.05, 3.63) is 117 Å². The molecule has 5 nitrogen and oxygen atoms in total. The first-order chi connectivity index (χ1) is 14.9. The van der Waals surface area contributed by atoms with E-state index >= 15 is 0 Å². The zero-order valence-electron chi connectivity index (χ0n) is 16.2. The molecule has 0 saturated carbocycles. The molecule has 3 aromatic rings. The van der Waals surface area contributed by atoms with E-state index in [-0.39, 0.29) is 27.0 Å². The number of ether oxygens (including phenoxy) is 1. The molecule has 1 heterocycles. The van der Waals surface area contributed by atoms with Crippen molar-refractivity contribution < 1.29 is 13.2 Å². The standard InChI is InChI=1S/C24H17ClN2O3S/c25-18-11-7-10-17(14-18)21-20(15-26)24(27)30-22(16-8-3-1-4-9-16)23(21)31(28,29)19-12-5-2-6-13-19/h1-14,21H,27H2/t21-/m1/s1. The molecule has 0 saturated heterocycles. The number of nitrogens with zero attached hydrogens (tertiary/aromatic N) is 1. The first-order valence-corrected chi connectivity index (χ1v) is 11.2. The highest BCUT2D eigenvalue weighted by atomic mass is 35.5. The molecule has 7 heteroatoms. The molecule has 0 aromatic heterocycles. The van der Waals surface area contributed by atoms with Crippen LogP contribution in [-0.2, 0) is 14.6 Å². The Balaban J connectivity index is 2.09. The van der Waals surface area contributed by atoms with Gasteiger partial charge < -0.3 is 10.5 Å². The van der Waals surface area contributed by atoms with Crippen LogP contribution in [0.1, 0.15) is 17.0 Å². The fourth-order valence-electron chi connectivity index (χ4n) is 3.54. The Kier molecular flexibility index (Phi) is 5.55. The molecule has 4 rings (SSSR count). The summed E-state index contributed by atoms with van der Waals surface area (Å²) in [5.74, 6) is -1.03. The minimum atomic E-state index is -4.07. The normalized spacial score (nSPS) is 16.6. The minimum absolute atomic E-state index is 0.0106. The maximum absolute atomic E-state index is 13.9. The van der Waals surface area contributed by atoms with Gasteiger partial charge in [0.1, 0.15) is 16.5 Å². The van der Waals surface area contributed by atoms with Gasteiger partial charge in [-0.25, -0.2) is 8.42 Å². The van der Waals surface area contributed by atoms with Crippen molar-refractivity contribution in [3.8, 4) is 6.07 Å². The summed E-state index contributed by atoms with van der Waals surface area (Å²) in [7, 11) is -4.07. The quantitative estimate of drug-likeness (QED) is 0.606. The number of sulfone groups is 1. The van der Waals surface area contributed by atoms with E-state index in [0.717, 1.165) is 0 Å². The monoisotopic (exact) mass is 448 g/mol. The second kappa shape index (κ2) is 8.31. The fourth-order valence-corrected chi connectivity index (χ4v) is 5.47. The highest BCUT2D eigenvalue weighted by molar-refractivity contribution is 7.95. The van der Waals surface area contributed by atoms with Crippen molar-refractivity contribution in [2.45, 2.75) is 10.8 Å². The van der Waals surface area contributed by atoms with E-state index in [2.05, 4.69) is 0 Å². The molecule has 0 aliphatic carbocycles. The van der Waals surface area contributed by atoms with E-state index in [1.807, 2.05) is 12.1 Å². The zero-order chi connectivity index (χ0) is 22.0. The number of hydrogen-bond donors (Lipinski definition) is 1. The van der Waals surface area contributed by atoms with Gasteiger partial charge in [0.15, 0.2) is 5.76 Å². The van der Waals surface area contributed by atoms with Gasteiger partial charge >= 0.3 is 0 Å². The summed E-state index contributed by atoms with van der Waals surface area (Å²) in [6.45, 7) is 0. The SMILES string of the molecule is N#CC1=C(N)OC(c2ccccc2)=C(S(=O)(=O)c2ccccc2)[C@@H]1c1cccc(Cl)c1. The van der Waals surface area contributed by atoms with Crippen LogP contribution in [0.25, 0.3) is 5.76 Å². The molecular formula is C24H17ClN2O3S. The van der Waals surface area contributed by atoms with Crippen LogP contribution in [-0.4, -0.2) is 8.42 Å². The van der Waals surface area contributed by atoms with Crippen molar-refractivity contribution in [2.75, 3.05) is 0 Å². The topological polar surface area (TPSA) is 93.2 Å². The summed E-state index contributed by atoms with van der Waals surface area (Å²) < 4.78 is 33.5. The summed E-state index contributed by atoms with van der Waals surface area (Å²) >= 11 is 6.20. The van der Waals surface area contributed by atoms with Crippen molar-refractivity contribution in [3.63, 3.8) is 0 Å². The third-order valence-corrected chi connectivity index (χ3v) is 7.06. The van der Waals surface area contributed by atoms with Crippen LogP contribution in [0.15, 0.2) is 106 Å². The zero-order valence-corrected chi connectivity index (χ0v) is 17.8. The van der Waals surface area contributed by atoms with Crippen LogP contribution in [0.2, 0.25) is 5.02 Å². The Morgan fingerprint density at radius 2 is 1.58 bits per heavy atom. The molecule has 0 amide bonds. The summed E-state index contributed by atoms with van der Waals surface area (Å²) in [5.41, 5.74) is 7.17. The lowest BCUT2D eigenvalue weighted by molar-refractivity contribution is 0.358. The highest BCUT2D eigenvalue weighted by Gasteiger charge is 2.41. The lowest BCUT2D eigenvalue weighted by Gasteiger charge is -2.29. The Bertz CT molecular complexity index is 1340. The number of nitriles is 1. The lowest BCUT2D eigenvalue weighted by atomic mass is 9.88. The number of allylic oxidation sites excluding steroid dienone is 2. The van der Waals surface area contributed by atoms with Crippen molar-refractivity contribution >= 4 is 27.2 Å². The third kappa shape index (κ3) is 3.81. The Labute approximate surface area is 185 Å². The summed E-state index contributed by atoms with van der Waals surface area (Å²) in [5, 5.41) is 10.3. The van der Waals surface area contributed by atoms with Gasteiger partial charge in [-0.1, -0.05) is 72.3 Å². The molecule has 1 atom stereocenters. The van der Waals surface area contributed by atoms with E-state index in [1.54, 1.807) is 66.7 Å². The Hall–Kier alpha value is -3.53. The molecule has 2 N–H and O–H groups in total. The van der Waals surface area contributed by atoms with E-state index in [4.69, 9.17) is 22.1 Å². The Morgan fingerprint density at radius 3 is 2.19 bits per heavy atom. The van der Waals surface area contributed by atoms with Crippen LogP contribution in [0.5, 0.6) is 0 Å². The van der Waals surface area contributed by atoms with Gasteiger partial charge in [0.05, 0.1) is 10.8 Å². The number of hydrogen-bond acceptors (Lipinski definition) is 5. The van der Waals surface area contributed by atoms with Gasteiger partial charge in [0.25, 0.3) is 0 Å². The molecule has 31 heavy (non-hydrogen) atoms. The maximum atomic E-state index is 13.9. The van der Waals surface area contributed by atoms with Gasteiger partial charge in [-0.15, -0.1) is 0 Å². The molecule has 0 unspecified atom stereocenters. The van der Waals surface area contributed by atoms with Crippen LogP contribution >= 0.6 is 11.6 Å². The van der Waals surface area contributed by atoms with Gasteiger partial charge in [0.2, 0.25) is 15.7 Å². The first kappa shape index (κ1) is 20.7. The number of halogens is 1. The smallest absolute Gasteiger partial charge is 0.207 e. The fraction of sp³-hybridized carbons (Fsp3) is 0.0417. The van der Waals surface area contributed by atoms with E-state index in [9.17, 15) is 13.7 Å². The van der Waals surface area contributed by atoms with Crippen molar-refractivity contribution in [1.29, 1.82) is 5.26 Å². The molecule has 0 radical (unpaired) electrons. The maximum Gasteiger partial charge on any atom is 0.207 e. The predicted octanol–water partition coefficient (Wildman–Crippen LogP) is 4.99. The largest absolute Gasteiger partial charge is 0.439 e. The molecular weight excluding hydrogens is 432 g/mol.